The van der Waals surface area contributed by atoms with Crippen LogP contribution in [0.25, 0.3) is 0 Å². The van der Waals surface area contributed by atoms with Crippen molar-refractivity contribution in [1.29, 1.82) is 0 Å². The van der Waals surface area contributed by atoms with Crippen LogP contribution in [-0.2, 0) is 0 Å². The lowest BCUT2D eigenvalue weighted by atomic mass is 10.1. The van der Waals surface area contributed by atoms with E-state index in [0.29, 0.717) is 5.92 Å². The van der Waals surface area contributed by atoms with Crippen molar-refractivity contribution in [3.05, 3.63) is 23.8 Å². The zero-order chi connectivity index (χ0) is 11.0. The fourth-order valence-electron chi connectivity index (χ4n) is 0.829. The Kier molecular flexibility index (Phi) is 6.39. The van der Waals surface area contributed by atoms with E-state index in [1.54, 1.807) is 19.3 Å². The van der Waals surface area contributed by atoms with Gasteiger partial charge in [-0.2, -0.15) is 0 Å². The summed E-state index contributed by atoms with van der Waals surface area (Å²) in [5, 5.41) is 0. The smallest absolute Gasteiger partial charge is 0.131 e. The molecule has 0 aliphatic carbocycles. The van der Waals surface area contributed by atoms with Crippen LogP contribution in [0.1, 0.15) is 51.9 Å². The molecule has 0 radical (unpaired) electrons. The molecule has 76 valence electrons. The summed E-state index contributed by atoms with van der Waals surface area (Å²) in [5.74, 6) is 6.06. The first-order chi connectivity index (χ1) is 6.74. The van der Waals surface area contributed by atoms with Gasteiger partial charge in [-0.05, 0) is 18.8 Å². The predicted octanol–water partition coefficient (Wildman–Crippen LogP) is 3.00. The van der Waals surface area contributed by atoms with Crippen LogP contribution in [0.4, 0.5) is 0 Å². The fraction of sp³-hybridized carbons (Fsp3) is 0.500. The lowest BCUT2D eigenvalue weighted by Crippen LogP contribution is -1.94. The van der Waals surface area contributed by atoms with Gasteiger partial charge in [0.25, 0.3) is 0 Å². The molecule has 0 fully saturated rings. The number of nitrogens with zero attached hydrogens (tertiary/aromatic N) is 2. The molecular weight excluding hydrogens is 172 g/mol. The summed E-state index contributed by atoms with van der Waals surface area (Å²) in [4.78, 5) is 8.39. The van der Waals surface area contributed by atoms with Gasteiger partial charge in [-0.15, -0.1) is 0 Å². The minimum Gasteiger partial charge on any atom is -0.256 e. The summed E-state index contributed by atoms with van der Waals surface area (Å²) in [6.45, 7) is 9.97. The second-order valence-corrected chi connectivity index (χ2v) is 2.86. The van der Waals surface area contributed by atoms with Crippen molar-refractivity contribution in [2.45, 2.75) is 40.5 Å². The van der Waals surface area contributed by atoms with E-state index in [1.807, 2.05) is 13.8 Å². The molecule has 1 heterocycles. The summed E-state index contributed by atoms with van der Waals surface area (Å²) >= 11 is 0. The van der Waals surface area contributed by atoms with Crippen LogP contribution in [0.5, 0.6) is 0 Å². The minimum absolute atomic E-state index is 0.432. The molecule has 1 aromatic heterocycles. The van der Waals surface area contributed by atoms with Crippen molar-refractivity contribution in [3.63, 3.8) is 0 Å². The lowest BCUT2D eigenvalue weighted by molar-refractivity contribution is 0.810. The van der Waals surface area contributed by atoms with Crippen LogP contribution >= 0.6 is 0 Å². The molecule has 0 aliphatic heterocycles. The van der Waals surface area contributed by atoms with Crippen LogP contribution in [0, 0.1) is 11.8 Å². The maximum Gasteiger partial charge on any atom is 0.131 e. The minimum atomic E-state index is 0.432. The maximum absolute atomic E-state index is 4.23. The Morgan fingerprint density at radius 3 is 2.14 bits per heavy atom. The Hall–Kier alpha value is -1.36. The third-order valence-electron chi connectivity index (χ3n) is 1.52. The SMILES string of the molecule is CC.CC#Cc1cnc(C(C)C)cn1. The van der Waals surface area contributed by atoms with Gasteiger partial charge in [0.2, 0.25) is 0 Å². The zero-order valence-electron chi connectivity index (χ0n) is 9.63. The Labute approximate surface area is 86.8 Å². The molecule has 0 spiro atoms. The van der Waals surface area contributed by atoms with E-state index in [0.717, 1.165) is 11.4 Å². The average molecular weight is 190 g/mol. The summed E-state index contributed by atoms with van der Waals surface area (Å²) in [6.07, 6.45) is 3.50. The second-order valence-electron chi connectivity index (χ2n) is 2.86. The van der Waals surface area contributed by atoms with Gasteiger partial charge >= 0.3 is 0 Å². The lowest BCUT2D eigenvalue weighted by Gasteiger charge is -2.01. The summed E-state index contributed by atoms with van der Waals surface area (Å²) in [7, 11) is 0. The van der Waals surface area contributed by atoms with Crippen LogP contribution < -0.4 is 0 Å². The van der Waals surface area contributed by atoms with Crippen LogP contribution in [0.3, 0.4) is 0 Å². The largest absolute Gasteiger partial charge is 0.256 e. The van der Waals surface area contributed by atoms with Crippen molar-refractivity contribution >= 4 is 0 Å². The Morgan fingerprint density at radius 1 is 1.14 bits per heavy atom. The molecule has 0 unspecified atom stereocenters. The van der Waals surface area contributed by atoms with Crippen molar-refractivity contribution in [3.8, 4) is 11.8 Å². The van der Waals surface area contributed by atoms with Gasteiger partial charge in [0.1, 0.15) is 5.69 Å². The highest BCUT2D eigenvalue weighted by molar-refractivity contribution is 5.24. The van der Waals surface area contributed by atoms with Gasteiger partial charge in [-0.25, -0.2) is 4.98 Å². The Balaban J connectivity index is 0.000000791. The zero-order valence-corrected chi connectivity index (χ0v) is 9.63. The van der Waals surface area contributed by atoms with Crippen molar-refractivity contribution in [1.82, 2.24) is 9.97 Å². The normalized spacial score (nSPS) is 8.43. The molecule has 0 saturated heterocycles. The van der Waals surface area contributed by atoms with E-state index in [-0.39, 0.29) is 0 Å². The highest BCUT2D eigenvalue weighted by Crippen LogP contribution is 2.08. The van der Waals surface area contributed by atoms with E-state index in [1.165, 1.54) is 0 Å². The van der Waals surface area contributed by atoms with Crippen molar-refractivity contribution in [2.24, 2.45) is 0 Å². The first kappa shape index (κ1) is 12.6. The molecule has 2 heteroatoms. The number of rotatable bonds is 1. The summed E-state index contributed by atoms with van der Waals surface area (Å²) < 4.78 is 0. The van der Waals surface area contributed by atoms with Gasteiger partial charge in [-0.1, -0.05) is 33.6 Å². The molecule has 0 N–H and O–H groups in total. The van der Waals surface area contributed by atoms with Crippen molar-refractivity contribution < 1.29 is 0 Å². The van der Waals surface area contributed by atoms with Gasteiger partial charge < -0.3 is 0 Å². The maximum atomic E-state index is 4.23. The van der Waals surface area contributed by atoms with Crippen molar-refractivity contribution in [2.75, 3.05) is 0 Å². The second kappa shape index (κ2) is 7.08. The molecule has 14 heavy (non-hydrogen) atoms. The molecule has 0 aromatic carbocycles. The van der Waals surface area contributed by atoms with Crippen LogP contribution in [0.15, 0.2) is 12.4 Å². The highest BCUT2D eigenvalue weighted by atomic mass is 14.8. The highest BCUT2D eigenvalue weighted by Gasteiger charge is 1.99. The monoisotopic (exact) mass is 190 g/mol. The first-order valence-electron chi connectivity index (χ1n) is 4.98. The molecule has 0 amide bonds. The molecule has 1 rings (SSSR count). The third-order valence-corrected chi connectivity index (χ3v) is 1.52. The molecular formula is C12H18N2. The molecule has 0 atom stereocenters. The van der Waals surface area contributed by atoms with E-state index in [9.17, 15) is 0 Å². The molecule has 0 bridgehead atoms. The summed E-state index contributed by atoms with van der Waals surface area (Å²) in [6, 6.07) is 0. The van der Waals surface area contributed by atoms with E-state index in [2.05, 4.69) is 35.7 Å². The number of hydrogen-bond donors (Lipinski definition) is 0. The van der Waals surface area contributed by atoms with Gasteiger partial charge in [0.05, 0.1) is 18.1 Å². The molecule has 2 nitrogen and oxygen atoms in total. The van der Waals surface area contributed by atoms with Crippen LogP contribution in [-0.4, -0.2) is 9.97 Å². The summed E-state index contributed by atoms with van der Waals surface area (Å²) in [5.41, 5.74) is 1.75. The fourth-order valence-corrected chi connectivity index (χ4v) is 0.829. The number of aromatic nitrogens is 2. The standard InChI is InChI=1S/C10H12N2.C2H6/c1-4-5-9-6-12-10(7-11-9)8(2)3;1-2/h6-8H,1-3H3;1-2H3. The van der Waals surface area contributed by atoms with Crippen LogP contribution in [0.2, 0.25) is 0 Å². The van der Waals surface area contributed by atoms with E-state index < -0.39 is 0 Å². The molecule has 1 aromatic rings. The van der Waals surface area contributed by atoms with Gasteiger partial charge in [-0.3, -0.25) is 4.98 Å². The Bertz CT molecular complexity index is 301. The Morgan fingerprint density at radius 2 is 1.79 bits per heavy atom. The van der Waals surface area contributed by atoms with Gasteiger partial charge in [0, 0.05) is 0 Å². The molecule has 0 aliphatic rings. The third kappa shape index (κ3) is 4.04. The quantitative estimate of drug-likeness (QED) is 0.636. The van der Waals surface area contributed by atoms with Gasteiger partial charge in [0.15, 0.2) is 0 Å². The first-order valence-corrected chi connectivity index (χ1v) is 4.98. The average Bonchev–Trinajstić information content (AvgIpc) is 2.22. The number of hydrogen-bond acceptors (Lipinski definition) is 2. The van der Waals surface area contributed by atoms with E-state index >= 15 is 0 Å². The topological polar surface area (TPSA) is 25.8 Å². The molecule has 0 saturated carbocycles. The predicted molar refractivity (Wildman–Crippen MR) is 60.0 cm³/mol. The van der Waals surface area contributed by atoms with E-state index in [4.69, 9.17) is 0 Å².